The number of carboxylic acids is 1. The summed E-state index contributed by atoms with van der Waals surface area (Å²) >= 11 is 0. The summed E-state index contributed by atoms with van der Waals surface area (Å²) in [5, 5.41) is 12.0. The third-order valence-corrected chi connectivity index (χ3v) is 2.99. The van der Waals surface area contributed by atoms with Gasteiger partial charge in [-0.25, -0.2) is 9.78 Å². The van der Waals surface area contributed by atoms with Crippen LogP contribution in [0, 0.1) is 0 Å². The van der Waals surface area contributed by atoms with Crippen molar-refractivity contribution in [3.05, 3.63) is 47.7 Å². The molecule has 0 saturated heterocycles. The summed E-state index contributed by atoms with van der Waals surface area (Å²) in [6.45, 7) is 4.25. The number of nitrogens with two attached hydrogens (primary N) is 1. The molecule has 5 nitrogen and oxygen atoms in total. The summed E-state index contributed by atoms with van der Waals surface area (Å²) in [4.78, 5) is 14.9. The largest absolute Gasteiger partial charge is 0.477 e. The average Bonchev–Trinajstić information content (AvgIpc) is 2.41. The normalized spacial score (nSPS) is 10.6. The predicted octanol–water partition coefficient (Wildman–Crippen LogP) is 3.23. The fourth-order valence-corrected chi connectivity index (χ4v) is 1.78. The molecule has 0 amide bonds. The number of hydrogen-bond donors (Lipinski definition) is 3. The molecule has 0 spiro atoms. The zero-order chi connectivity index (χ0) is 14.7. The van der Waals surface area contributed by atoms with E-state index in [9.17, 15) is 4.79 Å². The average molecular weight is 271 g/mol. The van der Waals surface area contributed by atoms with Gasteiger partial charge >= 0.3 is 5.97 Å². The molecule has 4 N–H and O–H groups in total. The van der Waals surface area contributed by atoms with Gasteiger partial charge in [0.2, 0.25) is 0 Å². The first-order chi connectivity index (χ1) is 9.47. The maximum Gasteiger partial charge on any atom is 0.354 e. The highest BCUT2D eigenvalue weighted by molar-refractivity contribution is 5.87. The summed E-state index contributed by atoms with van der Waals surface area (Å²) in [7, 11) is 0. The number of anilines is 3. The first-order valence-electron chi connectivity index (χ1n) is 6.34. The molecule has 2 rings (SSSR count). The van der Waals surface area contributed by atoms with Crippen LogP contribution in [0.2, 0.25) is 0 Å². The Bertz CT molecular complexity index is 622. The lowest BCUT2D eigenvalue weighted by Gasteiger charge is -2.11. The Labute approximate surface area is 117 Å². The maximum absolute atomic E-state index is 10.9. The van der Waals surface area contributed by atoms with E-state index in [-0.39, 0.29) is 5.69 Å². The van der Waals surface area contributed by atoms with Crippen LogP contribution in [0.25, 0.3) is 0 Å². The number of hydrogen-bond acceptors (Lipinski definition) is 4. The SMILES string of the molecule is CC(C)c1ccc(Nc2nc(C(=O)O)ccc2N)cc1. The standard InChI is InChI=1S/C15H17N3O2/c1-9(2)10-3-5-11(6-4-10)17-14-12(16)7-8-13(18-14)15(19)20/h3-9H,16H2,1-2H3,(H,17,18)(H,19,20). The first kappa shape index (κ1) is 13.9. The van der Waals surface area contributed by atoms with E-state index in [1.54, 1.807) is 0 Å². The van der Waals surface area contributed by atoms with Gasteiger partial charge < -0.3 is 16.2 Å². The number of aromatic carboxylic acids is 1. The topological polar surface area (TPSA) is 88.2 Å². The van der Waals surface area contributed by atoms with Crippen LogP contribution < -0.4 is 11.1 Å². The Kier molecular flexibility index (Phi) is 3.89. The summed E-state index contributed by atoms with van der Waals surface area (Å²) < 4.78 is 0. The minimum absolute atomic E-state index is 0.0412. The lowest BCUT2D eigenvalue weighted by molar-refractivity contribution is 0.0690. The van der Waals surface area contributed by atoms with Crippen molar-refractivity contribution >= 4 is 23.2 Å². The van der Waals surface area contributed by atoms with Crippen LogP contribution in [0.1, 0.15) is 35.8 Å². The first-order valence-corrected chi connectivity index (χ1v) is 6.34. The van der Waals surface area contributed by atoms with Gasteiger partial charge in [0.25, 0.3) is 0 Å². The van der Waals surface area contributed by atoms with Gasteiger partial charge in [-0.15, -0.1) is 0 Å². The molecule has 0 radical (unpaired) electrons. The van der Waals surface area contributed by atoms with Gasteiger partial charge in [0.05, 0.1) is 5.69 Å². The highest BCUT2D eigenvalue weighted by Crippen LogP contribution is 2.23. The van der Waals surface area contributed by atoms with Gasteiger partial charge in [0.1, 0.15) is 0 Å². The number of rotatable bonds is 4. The number of carbonyl (C=O) groups is 1. The molecular formula is C15H17N3O2. The monoisotopic (exact) mass is 271 g/mol. The minimum Gasteiger partial charge on any atom is -0.477 e. The van der Waals surface area contributed by atoms with Gasteiger partial charge in [-0.3, -0.25) is 0 Å². The van der Waals surface area contributed by atoms with Crippen molar-refractivity contribution in [1.82, 2.24) is 4.98 Å². The van der Waals surface area contributed by atoms with E-state index >= 15 is 0 Å². The quantitative estimate of drug-likeness (QED) is 0.794. The third kappa shape index (κ3) is 3.06. The number of nitrogens with one attached hydrogen (secondary N) is 1. The van der Waals surface area contributed by atoms with Crippen LogP contribution in [0.4, 0.5) is 17.2 Å². The van der Waals surface area contributed by atoms with Crippen LogP contribution in [0.5, 0.6) is 0 Å². The Morgan fingerprint density at radius 2 is 1.85 bits per heavy atom. The molecule has 0 aliphatic rings. The van der Waals surface area contributed by atoms with Crippen LogP contribution in [-0.2, 0) is 0 Å². The van der Waals surface area contributed by atoms with Crippen molar-refractivity contribution in [2.75, 3.05) is 11.1 Å². The fraction of sp³-hybridized carbons (Fsp3) is 0.200. The smallest absolute Gasteiger partial charge is 0.354 e. The highest BCUT2D eigenvalue weighted by atomic mass is 16.4. The van der Waals surface area contributed by atoms with E-state index in [4.69, 9.17) is 10.8 Å². The zero-order valence-electron chi connectivity index (χ0n) is 11.4. The van der Waals surface area contributed by atoms with Crippen LogP contribution in [0.15, 0.2) is 36.4 Å². The van der Waals surface area contributed by atoms with E-state index in [0.29, 0.717) is 17.4 Å². The number of benzene rings is 1. The molecule has 0 aliphatic carbocycles. The van der Waals surface area contributed by atoms with Gasteiger partial charge in [0, 0.05) is 5.69 Å². The lowest BCUT2D eigenvalue weighted by Crippen LogP contribution is -2.05. The minimum atomic E-state index is -1.08. The number of nitrogen functional groups attached to an aromatic ring is 1. The molecular weight excluding hydrogens is 254 g/mol. The second-order valence-electron chi connectivity index (χ2n) is 4.84. The number of carboxylic acid groups (broad SMARTS) is 1. The lowest BCUT2D eigenvalue weighted by atomic mass is 10.0. The Morgan fingerprint density at radius 3 is 2.40 bits per heavy atom. The van der Waals surface area contributed by atoms with Gasteiger partial charge in [-0.05, 0) is 35.7 Å². The molecule has 0 unspecified atom stereocenters. The van der Waals surface area contributed by atoms with E-state index < -0.39 is 5.97 Å². The molecule has 0 bridgehead atoms. The van der Waals surface area contributed by atoms with E-state index in [0.717, 1.165) is 5.69 Å². The molecule has 0 saturated carbocycles. The summed E-state index contributed by atoms with van der Waals surface area (Å²) in [5.74, 6) is -0.270. The van der Waals surface area contributed by atoms with Crippen molar-refractivity contribution in [3.63, 3.8) is 0 Å². The number of nitrogens with zero attached hydrogens (tertiary/aromatic N) is 1. The molecule has 1 heterocycles. The van der Waals surface area contributed by atoms with Gasteiger partial charge in [-0.1, -0.05) is 26.0 Å². The van der Waals surface area contributed by atoms with Crippen LogP contribution in [0.3, 0.4) is 0 Å². The van der Waals surface area contributed by atoms with Crippen molar-refractivity contribution in [3.8, 4) is 0 Å². The second kappa shape index (κ2) is 5.61. The van der Waals surface area contributed by atoms with Gasteiger partial charge in [-0.2, -0.15) is 0 Å². The van der Waals surface area contributed by atoms with Crippen LogP contribution >= 0.6 is 0 Å². The summed E-state index contributed by atoms with van der Waals surface area (Å²) in [5.41, 5.74) is 8.21. The predicted molar refractivity (Wildman–Crippen MR) is 79.4 cm³/mol. The number of pyridine rings is 1. The molecule has 20 heavy (non-hydrogen) atoms. The fourth-order valence-electron chi connectivity index (χ4n) is 1.78. The summed E-state index contributed by atoms with van der Waals surface area (Å²) in [6.07, 6.45) is 0. The number of aromatic nitrogens is 1. The molecule has 1 aromatic carbocycles. The maximum atomic E-state index is 10.9. The van der Waals surface area contributed by atoms with Crippen molar-refractivity contribution < 1.29 is 9.90 Å². The van der Waals surface area contributed by atoms with E-state index in [2.05, 4.69) is 24.1 Å². The Hall–Kier alpha value is -2.56. The van der Waals surface area contributed by atoms with Crippen molar-refractivity contribution in [2.45, 2.75) is 19.8 Å². The van der Waals surface area contributed by atoms with E-state index in [1.807, 2.05) is 24.3 Å². The highest BCUT2D eigenvalue weighted by Gasteiger charge is 2.09. The Balaban J connectivity index is 2.25. The van der Waals surface area contributed by atoms with Crippen LogP contribution in [-0.4, -0.2) is 16.1 Å². The molecule has 2 aromatic rings. The van der Waals surface area contributed by atoms with Crippen molar-refractivity contribution in [1.29, 1.82) is 0 Å². The second-order valence-corrected chi connectivity index (χ2v) is 4.84. The molecule has 0 aliphatic heterocycles. The zero-order valence-corrected chi connectivity index (χ0v) is 11.4. The molecule has 5 heteroatoms. The Morgan fingerprint density at radius 1 is 1.20 bits per heavy atom. The molecule has 104 valence electrons. The van der Waals surface area contributed by atoms with Crippen molar-refractivity contribution in [2.24, 2.45) is 0 Å². The molecule has 0 fully saturated rings. The van der Waals surface area contributed by atoms with Gasteiger partial charge in [0.15, 0.2) is 11.5 Å². The molecule has 1 aromatic heterocycles. The summed E-state index contributed by atoms with van der Waals surface area (Å²) in [6, 6.07) is 10.8. The third-order valence-electron chi connectivity index (χ3n) is 2.99. The molecule has 0 atom stereocenters. The van der Waals surface area contributed by atoms with E-state index in [1.165, 1.54) is 17.7 Å².